The van der Waals surface area contributed by atoms with Crippen LogP contribution in [0.4, 0.5) is 0 Å². The minimum Gasteiger partial charge on any atom is -0.481 e. The van der Waals surface area contributed by atoms with E-state index in [1.165, 1.54) is 27.8 Å². The lowest BCUT2D eigenvalue weighted by atomic mass is 9.99. The minimum atomic E-state index is -0.649. The van der Waals surface area contributed by atoms with Gasteiger partial charge in [0.2, 0.25) is 0 Å². The summed E-state index contributed by atoms with van der Waals surface area (Å²) in [6.45, 7) is 11.5. The standard InChI is InChI=1S/2C21H25NO2.C8H11N.C8H10N/c2*1-16-12-19(13-20(16)21(23)24)22(14-17-8-4-2-5-9-17)15-18-10-6-3-7-11-18;2*1-7(9)8-5-3-2-4-6-8/h2*2-11,16,19-20H,12-15H2,1H3,(H,23,24);2-7H,9H2,1H3;3-7H,9H2,1H3/q;;;+1/t16-,19+,20+;;2*7-/m1.11/s1. The van der Waals surface area contributed by atoms with Crippen LogP contribution < -0.4 is 11.5 Å². The molecule has 2 saturated carbocycles. The molecule has 3 unspecified atom stereocenters. The summed E-state index contributed by atoms with van der Waals surface area (Å²) in [5, 5.41) is 18.9. The monoisotopic (exact) mass is 888 g/mol. The topological polar surface area (TPSA) is 133 Å². The number of carboxylic acid groups (broad SMARTS) is 2. The average molecular weight is 888 g/mol. The summed E-state index contributed by atoms with van der Waals surface area (Å²) in [5.74, 6) is -1.26. The van der Waals surface area contributed by atoms with Gasteiger partial charge in [-0.15, -0.1) is 0 Å². The normalized spacial score (nSPS) is 21.4. The number of nitrogens with two attached hydrogens (primary N) is 2. The van der Waals surface area contributed by atoms with Crippen LogP contribution in [-0.4, -0.2) is 50.1 Å². The number of carbonyl (C=O) groups is 2. The fourth-order valence-corrected chi connectivity index (χ4v) is 9.07. The van der Waals surface area contributed by atoms with Gasteiger partial charge in [0.15, 0.2) is 0 Å². The van der Waals surface area contributed by atoms with Crippen LogP contribution in [0.15, 0.2) is 182 Å². The molecule has 8 nitrogen and oxygen atoms in total. The third-order valence-electron chi connectivity index (χ3n) is 12.9. The summed E-state index contributed by atoms with van der Waals surface area (Å²) < 4.78 is 0. The predicted molar refractivity (Wildman–Crippen MR) is 269 cm³/mol. The zero-order valence-corrected chi connectivity index (χ0v) is 39.3. The minimum absolute atomic E-state index is 0.139. The van der Waals surface area contributed by atoms with Crippen LogP contribution in [0, 0.1) is 29.7 Å². The molecule has 0 aliphatic heterocycles. The van der Waals surface area contributed by atoms with Crippen molar-refractivity contribution in [2.45, 2.75) is 104 Å². The maximum atomic E-state index is 11.5. The Bertz CT molecular complexity index is 2050. The van der Waals surface area contributed by atoms with E-state index in [1.807, 2.05) is 92.7 Å². The van der Waals surface area contributed by atoms with E-state index in [2.05, 4.69) is 127 Å². The van der Waals surface area contributed by atoms with Crippen molar-refractivity contribution in [2.24, 2.45) is 35.1 Å². The van der Waals surface area contributed by atoms with Crippen molar-refractivity contribution in [2.75, 3.05) is 0 Å². The Morgan fingerprint density at radius 2 is 0.879 bits per heavy atom. The highest BCUT2D eigenvalue weighted by Gasteiger charge is 2.39. The molecule has 66 heavy (non-hydrogen) atoms. The molecule has 5 aromatic carbocycles. The van der Waals surface area contributed by atoms with E-state index in [0.717, 1.165) is 57.4 Å². The molecule has 0 saturated heterocycles. The van der Waals surface area contributed by atoms with Crippen LogP contribution in [0.5, 0.6) is 0 Å². The van der Waals surface area contributed by atoms with Crippen molar-refractivity contribution in [3.8, 4) is 0 Å². The number of hydrogen-bond acceptors (Lipinski definition) is 6. The molecular formula is C58H71N4O4+. The van der Waals surface area contributed by atoms with Crippen LogP contribution in [0.25, 0.3) is 0 Å². The molecule has 8 atom stereocenters. The summed E-state index contributed by atoms with van der Waals surface area (Å²) in [6.07, 6.45) is 14.0. The summed E-state index contributed by atoms with van der Waals surface area (Å²) in [4.78, 5) is 27.9. The molecule has 0 radical (unpaired) electrons. The maximum absolute atomic E-state index is 11.5. The molecule has 0 aromatic heterocycles. The third-order valence-corrected chi connectivity index (χ3v) is 12.9. The predicted octanol–water partition coefficient (Wildman–Crippen LogP) is 11.3. The van der Waals surface area contributed by atoms with Gasteiger partial charge in [-0.05, 0) is 79.2 Å². The van der Waals surface area contributed by atoms with Gasteiger partial charge in [0.05, 0.1) is 35.6 Å². The van der Waals surface area contributed by atoms with Crippen LogP contribution in [0.2, 0.25) is 0 Å². The molecule has 3 aliphatic rings. The van der Waals surface area contributed by atoms with Gasteiger partial charge in [-0.1, -0.05) is 166 Å². The van der Waals surface area contributed by atoms with Crippen molar-refractivity contribution in [3.05, 3.63) is 215 Å². The highest BCUT2D eigenvalue weighted by molar-refractivity contribution is 5.71. The van der Waals surface area contributed by atoms with E-state index in [1.54, 1.807) is 0 Å². The second-order valence-electron chi connectivity index (χ2n) is 18.2. The SMILES string of the molecule is CC1CC(N(Cc2ccccc2)Cc2ccccc2)CC1C(=O)O.C[C@@H](N)C1=CC=[C+]C=C1.C[C@@H](N)c1ccccc1.C[C@@H]1C[C@H](N(Cc2ccccc2)Cc2ccccc2)C[C@@H]1C(=O)O. The zero-order valence-electron chi connectivity index (χ0n) is 39.3. The van der Waals surface area contributed by atoms with Crippen LogP contribution in [-0.2, 0) is 35.8 Å². The van der Waals surface area contributed by atoms with Crippen LogP contribution >= 0.6 is 0 Å². The number of rotatable bonds is 14. The van der Waals surface area contributed by atoms with E-state index in [0.29, 0.717) is 12.1 Å². The molecule has 3 aliphatic carbocycles. The molecule has 0 amide bonds. The highest BCUT2D eigenvalue weighted by atomic mass is 16.4. The first-order valence-corrected chi connectivity index (χ1v) is 23.5. The van der Waals surface area contributed by atoms with Gasteiger partial charge in [-0.3, -0.25) is 19.4 Å². The Kier molecular flexibility index (Phi) is 20.7. The second kappa shape index (κ2) is 26.8. The van der Waals surface area contributed by atoms with Gasteiger partial charge in [-0.2, -0.15) is 0 Å². The first-order valence-electron chi connectivity index (χ1n) is 23.5. The second-order valence-corrected chi connectivity index (χ2v) is 18.2. The van der Waals surface area contributed by atoms with Gasteiger partial charge in [-0.25, -0.2) is 0 Å². The summed E-state index contributed by atoms with van der Waals surface area (Å²) in [7, 11) is 0. The molecule has 0 bridgehead atoms. The largest absolute Gasteiger partial charge is 0.481 e. The van der Waals surface area contributed by atoms with E-state index in [-0.39, 0.29) is 35.8 Å². The van der Waals surface area contributed by atoms with Crippen LogP contribution in [0.1, 0.15) is 87.2 Å². The molecule has 8 heteroatoms. The van der Waals surface area contributed by atoms with Crippen molar-refractivity contribution in [3.63, 3.8) is 0 Å². The molecule has 5 aromatic rings. The number of carboxylic acids is 2. The molecule has 0 heterocycles. The Balaban J connectivity index is 0.000000181. The Morgan fingerprint density at radius 1 is 0.545 bits per heavy atom. The lowest BCUT2D eigenvalue weighted by Crippen LogP contribution is -2.33. The van der Waals surface area contributed by atoms with Crippen molar-refractivity contribution in [1.82, 2.24) is 9.80 Å². The smallest absolute Gasteiger partial charge is 0.306 e. The number of allylic oxidation sites excluding steroid dienone is 4. The summed E-state index contributed by atoms with van der Waals surface area (Å²) in [5.41, 5.74) is 18.7. The fourth-order valence-electron chi connectivity index (χ4n) is 9.07. The van der Waals surface area contributed by atoms with Gasteiger partial charge in [0.25, 0.3) is 0 Å². The quantitative estimate of drug-likeness (QED) is 0.0810. The van der Waals surface area contributed by atoms with E-state index in [9.17, 15) is 19.8 Å². The van der Waals surface area contributed by atoms with E-state index in [4.69, 9.17) is 11.5 Å². The molecule has 346 valence electrons. The maximum Gasteiger partial charge on any atom is 0.306 e. The Hall–Kier alpha value is -5.99. The van der Waals surface area contributed by atoms with Gasteiger partial charge < -0.3 is 21.7 Å². The molecule has 0 spiro atoms. The Morgan fingerprint density at radius 3 is 1.11 bits per heavy atom. The van der Waals surface area contributed by atoms with Crippen molar-refractivity contribution >= 4 is 11.9 Å². The first-order chi connectivity index (χ1) is 31.9. The number of nitrogens with zero attached hydrogens (tertiary/aromatic N) is 2. The van der Waals surface area contributed by atoms with E-state index < -0.39 is 11.9 Å². The average Bonchev–Trinajstić information content (AvgIpc) is 3.94. The first kappa shape index (κ1) is 51.0. The summed E-state index contributed by atoms with van der Waals surface area (Å²) in [6, 6.07) is 52.8. The number of aliphatic carboxylic acids is 2. The van der Waals surface area contributed by atoms with E-state index >= 15 is 0 Å². The third kappa shape index (κ3) is 16.8. The molecular weight excluding hydrogens is 817 g/mol. The van der Waals surface area contributed by atoms with Gasteiger partial charge in [0.1, 0.15) is 12.2 Å². The number of hydrogen-bond donors (Lipinski definition) is 4. The van der Waals surface area contributed by atoms with Crippen molar-refractivity contribution < 1.29 is 19.8 Å². The lowest BCUT2D eigenvalue weighted by Gasteiger charge is -2.29. The molecule has 8 rings (SSSR count). The van der Waals surface area contributed by atoms with Crippen LogP contribution in [0.3, 0.4) is 0 Å². The lowest BCUT2D eigenvalue weighted by molar-refractivity contribution is -0.143. The molecule has 2 fully saturated rings. The number of benzene rings is 5. The molecule has 6 N–H and O–H groups in total. The fraction of sp³-hybridized carbons (Fsp3) is 0.345. The van der Waals surface area contributed by atoms with Gasteiger partial charge in [0, 0.05) is 50.4 Å². The summed E-state index contributed by atoms with van der Waals surface area (Å²) >= 11 is 0. The highest BCUT2D eigenvalue weighted by Crippen LogP contribution is 2.37. The Labute approximate surface area is 394 Å². The van der Waals surface area contributed by atoms with Gasteiger partial charge >= 0.3 is 11.9 Å². The zero-order chi connectivity index (χ0) is 47.3. The van der Waals surface area contributed by atoms with Crippen molar-refractivity contribution in [1.29, 1.82) is 0 Å².